The highest BCUT2D eigenvalue weighted by atomic mass is 16.5. The number of amides is 1. The first-order valence-electron chi connectivity index (χ1n) is 10.6. The van der Waals surface area contributed by atoms with Crippen LogP contribution in [0.5, 0.6) is 0 Å². The molecule has 1 aromatic heterocycles. The van der Waals surface area contributed by atoms with Gasteiger partial charge >= 0.3 is 0 Å². The number of hydrogen-bond acceptors (Lipinski definition) is 5. The Morgan fingerprint density at radius 3 is 2.53 bits per heavy atom. The molecule has 1 unspecified atom stereocenters. The summed E-state index contributed by atoms with van der Waals surface area (Å²) in [5, 5.41) is 6.77. The molecule has 156 valence electrons. The first-order valence-corrected chi connectivity index (χ1v) is 10.6. The van der Waals surface area contributed by atoms with Crippen LogP contribution in [0.15, 0.2) is 53.1 Å². The van der Waals surface area contributed by atoms with Crippen LogP contribution in [0.25, 0.3) is 11.5 Å². The second kappa shape index (κ2) is 9.22. The van der Waals surface area contributed by atoms with Crippen molar-refractivity contribution < 1.29 is 9.32 Å². The predicted octanol–water partition coefficient (Wildman–Crippen LogP) is 4.21. The number of likely N-dealkylation sites (tertiary alicyclic amines) is 1. The summed E-state index contributed by atoms with van der Waals surface area (Å²) in [6, 6.07) is 15.7. The van der Waals surface area contributed by atoms with Crippen LogP contribution in [0.1, 0.15) is 47.1 Å². The number of hydrogen-bond donors (Lipinski definition) is 1. The predicted molar refractivity (Wildman–Crippen MR) is 116 cm³/mol. The molecule has 6 heteroatoms. The zero-order valence-corrected chi connectivity index (χ0v) is 17.6. The standard InChI is InChI=1S/C24H28N4O2/c1-17-4-3-13-28(15-17)16-20-7-5-19(6-8-20)14-25-23(29)21-9-11-22(12-10-21)24-26-18(2)27-30-24/h5-12,17H,3-4,13-16H2,1-2H3,(H,25,29). The van der Waals surface area contributed by atoms with Crippen LogP contribution in [0.2, 0.25) is 0 Å². The number of nitrogens with one attached hydrogen (secondary N) is 1. The van der Waals surface area contributed by atoms with Gasteiger partial charge in [0.15, 0.2) is 5.82 Å². The van der Waals surface area contributed by atoms with E-state index >= 15 is 0 Å². The third-order valence-corrected chi connectivity index (χ3v) is 5.54. The Balaban J connectivity index is 1.29. The number of aromatic nitrogens is 2. The van der Waals surface area contributed by atoms with Gasteiger partial charge < -0.3 is 9.84 Å². The molecule has 1 aliphatic heterocycles. The number of carbonyl (C=O) groups excluding carboxylic acids is 1. The van der Waals surface area contributed by atoms with Gasteiger partial charge in [0.2, 0.25) is 0 Å². The van der Waals surface area contributed by atoms with E-state index in [4.69, 9.17) is 4.52 Å². The summed E-state index contributed by atoms with van der Waals surface area (Å²) < 4.78 is 5.15. The van der Waals surface area contributed by atoms with E-state index in [1.54, 1.807) is 19.1 Å². The van der Waals surface area contributed by atoms with Crippen molar-refractivity contribution in [3.63, 3.8) is 0 Å². The Labute approximate surface area is 177 Å². The molecule has 1 saturated heterocycles. The maximum atomic E-state index is 12.5. The van der Waals surface area contributed by atoms with Crippen LogP contribution in [0.4, 0.5) is 0 Å². The fourth-order valence-electron chi connectivity index (χ4n) is 3.91. The van der Waals surface area contributed by atoms with Crippen LogP contribution in [-0.2, 0) is 13.1 Å². The molecule has 0 aliphatic carbocycles. The van der Waals surface area contributed by atoms with Crippen molar-refractivity contribution in [2.24, 2.45) is 5.92 Å². The van der Waals surface area contributed by atoms with E-state index in [0.29, 0.717) is 23.8 Å². The lowest BCUT2D eigenvalue weighted by molar-refractivity contribution is 0.0951. The first-order chi connectivity index (χ1) is 14.6. The van der Waals surface area contributed by atoms with Gasteiger partial charge in [-0.15, -0.1) is 0 Å². The van der Waals surface area contributed by atoms with Crippen molar-refractivity contribution in [1.29, 1.82) is 0 Å². The highest BCUT2D eigenvalue weighted by Crippen LogP contribution is 2.19. The van der Waals surface area contributed by atoms with E-state index in [2.05, 4.69) is 51.5 Å². The van der Waals surface area contributed by atoms with Crippen LogP contribution in [0.3, 0.4) is 0 Å². The molecule has 2 heterocycles. The first kappa shape index (κ1) is 20.3. The summed E-state index contributed by atoms with van der Waals surface area (Å²) in [6.07, 6.45) is 2.63. The van der Waals surface area contributed by atoms with Gasteiger partial charge in [-0.25, -0.2) is 0 Å². The van der Waals surface area contributed by atoms with Gasteiger partial charge in [0.1, 0.15) is 0 Å². The molecule has 1 atom stereocenters. The normalized spacial score (nSPS) is 17.1. The summed E-state index contributed by atoms with van der Waals surface area (Å²) in [5.74, 6) is 1.73. The minimum Gasteiger partial charge on any atom is -0.348 e. The average Bonchev–Trinajstić information content (AvgIpc) is 3.19. The van der Waals surface area contributed by atoms with Crippen molar-refractivity contribution in [1.82, 2.24) is 20.4 Å². The topological polar surface area (TPSA) is 71.3 Å². The van der Waals surface area contributed by atoms with E-state index in [9.17, 15) is 4.79 Å². The van der Waals surface area contributed by atoms with Crippen molar-refractivity contribution in [2.75, 3.05) is 13.1 Å². The van der Waals surface area contributed by atoms with Crippen LogP contribution in [-0.4, -0.2) is 34.0 Å². The molecule has 2 aromatic carbocycles. The van der Waals surface area contributed by atoms with Crippen LogP contribution >= 0.6 is 0 Å². The molecule has 1 amide bonds. The molecule has 4 rings (SSSR count). The van der Waals surface area contributed by atoms with E-state index in [1.165, 1.54) is 31.5 Å². The lowest BCUT2D eigenvalue weighted by atomic mass is 9.99. The lowest BCUT2D eigenvalue weighted by Crippen LogP contribution is -2.33. The summed E-state index contributed by atoms with van der Waals surface area (Å²) in [5.41, 5.74) is 3.82. The minimum atomic E-state index is -0.102. The summed E-state index contributed by atoms with van der Waals surface area (Å²) in [6.45, 7) is 7.98. The van der Waals surface area contributed by atoms with Gasteiger partial charge in [-0.05, 0) is 67.6 Å². The molecule has 1 N–H and O–H groups in total. The van der Waals surface area contributed by atoms with Gasteiger partial charge in [-0.3, -0.25) is 9.69 Å². The molecule has 0 spiro atoms. The highest BCUT2D eigenvalue weighted by Gasteiger charge is 2.16. The van der Waals surface area contributed by atoms with Crippen molar-refractivity contribution in [3.05, 3.63) is 71.0 Å². The van der Waals surface area contributed by atoms with E-state index in [0.717, 1.165) is 23.6 Å². The Morgan fingerprint density at radius 2 is 1.87 bits per heavy atom. The second-order valence-electron chi connectivity index (χ2n) is 8.21. The number of piperidine rings is 1. The smallest absolute Gasteiger partial charge is 0.257 e. The Hall–Kier alpha value is -2.99. The van der Waals surface area contributed by atoms with Gasteiger partial charge in [-0.1, -0.05) is 36.3 Å². The SMILES string of the molecule is Cc1noc(-c2ccc(C(=O)NCc3ccc(CN4CCCC(C)C4)cc3)cc2)n1. The second-order valence-corrected chi connectivity index (χ2v) is 8.21. The number of rotatable bonds is 6. The summed E-state index contributed by atoms with van der Waals surface area (Å²) >= 11 is 0. The van der Waals surface area contributed by atoms with Gasteiger partial charge in [-0.2, -0.15) is 4.98 Å². The number of aryl methyl sites for hydroxylation is 1. The van der Waals surface area contributed by atoms with Gasteiger partial charge in [0.25, 0.3) is 11.8 Å². The third kappa shape index (κ3) is 5.13. The van der Waals surface area contributed by atoms with Gasteiger partial charge in [0.05, 0.1) is 0 Å². The zero-order chi connectivity index (χ0) is 20.9. The fraction of sp³-hybridized carbons (Fsp3) is 0.375. The molecular weight excluding hydrogens is 376 g/mol. The maximum absolute atomic E-state index is 12.5. The quantitative estimate of drug-likeness (QED) is 0.666. The molecule has 1 fully saturated rings. The highest BCUT2D eigenvalue weighted by molar-refractivity contribution is 5.94. The molecule has 0 bridgehead atoms. The number of benzene rings is 2. The van der Waals surface area contributed by atoms with Gasteiger partial charge in [0, 0.05) is 30.8 Å². The Bertz CT molecular complexity index is 979. The van der Waals surface area contributed by atoms with Crippen molar-refractivity contribution >= 4 is 5.91 Å². The Kier molecular flexibility index (Phi) is 6.23. The van der Waals surface area contributed by atoms with E-state index in [-0.39, 0.29) is 5.91 Å². The largest absolute Gasteiger partial charge is 0.348 e. The van der Waals surface area contributed by atoms with E-state index < -0.39 is 0 Å². The minimum absolute atomic E-state index is 0.102. The van der Waals surface area contributed by atoms with Crippen molar-refractivity contribution in [3.8, 4) is 11.5 Å². The number of carbonyl (C=O) groups is 1. The molecule has 1 aliphatic rings. The summed E-state index contributed by atoms with van der Waals surface area (Å²) in [7, 11) is 0. The summed E-state index contributed by atoms with van der Waals surface area (Å²) in [4.78, 5) is 19.2. The molecule has 0 saturated carbocycles. The lowest BCUT2D eigenvalue weighted by Gasteiger charge is -2.30. The molecule has 6 nitrogen and oxygen atoms in total. The average molecular weight is 405 g/mol. The van der Waals surface area contributed by atoms with Crippen molar-refractivity contribution in [2.45, 2.75) is 39.8 Å². The fourth-order valence-corrected chi connectivity index (χ4v) is 3.91. The van der Waals surface area contributed by atoms with Crippen LogP contribution < -0.4 is 5.32 Å². The third-order valence-electron chi connectivity index (χ3n) is 5.54. The van der Waals surface area contributed by atoms with Crippen LogP contribution in [0, 0.1) is 12.8 Å². The monoisotopic (exact) mass is 404 g/mol. The van der Waals surface area contributed by atoms with E-state index in [1.807, 2.05) is 12.1 Å². The molecule has 30 heavy (non-hydrogen) atoms. The maximum Gasteiger partial charge on any atom is 0.257 e. The number of nitrogens with zero attached hydrogens (tertiary/aromatic N) is 3. The molecule has 0 radical (unpaired) electrons. The molecular formula is C24H28N4O2. The zero-order valence-electron chi connectivity index (χ0n) is 17.6. The Morgan fingerprint density at radius 1 is 1.13 bits per heavy atom. The molecule has 3 aromatic rings.